The number of hydrogen-bond acceptors (Lipinski definition) is 5. The lowest BCUT2D eigenvalue weighted by Gasteiger charge is -2.25. The minimum atomic E-state index is -3.24. The predicted molar refractivity (Wildman–Crippen MR) is 120 cm³/mol. The second-order valence-electron chi connectivity index (χ2n) is 7.94. The normalized spacial score (nSPS) is 12.5. The molecule has 3 rings (SSSR count). The molecule has 0 saturated heterocycles. The van der Waals surface area contributed by atoms with Gasteiger partial charge in [-0.2, -0.15) is 0 Å². The van der Waals surface area contributed by atoms with Crippen LogP contribution in [0.3, 0.4) is 0 Å². The molecular weight excluding hydrogens is 412 g/mol. The lowest BCUT2D eigenvalue weighted by atomic mass is 10.1. The first-order valence-corrected chi connectivity index (χ1v) is 12.0. The monoisotopic (exact) mass is 440 g/mol. The van der Waals surface area contributed by atoms with E-state index in [2.05, 4.69) is 31.0 Å². The van der Waals surface area contributed by atoms with Gasteiger partial charge in [-0.25, -0.2) is 13.4 Å². The Morgan fingerprint density at radius 3 is 2.39 bits per heavy atom. The van der Waals surface area contributed by atoms with E-state index in [9.17, 15) is 13.2 Å². The summed E-state index contributed by atoms with van der Waals surface area (Å²) in [7, 11) is -1.50. The zero-order valence-corrected chi connectivity index (χ0v) is 19.4. The highest BCUT2D eigenvalue weighted by molar-refractivity contribution is 7.90. The molecule has 1 amide bonds. The first kappa shape index (κ1) is 22.7. The highest BCUT2D eigenvalue weighted by atomic mass is 32.2. The summed E-state index contributed by atoms with van der Waals surface area (Å²) in [5, 5.41) is 0. The molecule has 1 heterocycles. The van der Waals surface area contributed by atoms with Crippen molar-refractivity contribution >= 4 is 15.7 Å². The van der Waals surface area contributed by atoms with Crippen LogP contribution in [0.15, 0.2) is 58.0 Å². The van der Waals surface area contributed by atoms with Gasteiger partial charge in [0.2, 0.25) is 5.91 Å². The number of sulfone groups is 1. The van der Waals surface area contributed by atoms with Gasteiger partial charge in [-0.1, -0.05) is 24.3 Å². The number of benzene rings is 2. The molecule has 7 heteroatoms. The van der Waals surface area contributed by atoms with Gasteiger partial charge < -0.3 is 9.32 Å². The molecule has 6 nitrogen and oxygen atoms in total. The van der Waals surface area contributed by atoms with Crippen LogP contribution in [0.1, 0.15) is 42.0 Å². The number of carbonyl (C=O) groups excluding carboxylic acids is 1. The average molecular weight is 441 g/mol. The van der Waals surface area contributed by atoms with Crippen molar-refractivity contribution < 1.29 is 17.6 Å². The van der Waals surface area contributed by atoms with Gasteiger partial charge >= 0.3 is 0 Å². The smallest absolute Gasteiger partial charge is 0.223 e. The summed E-state index contributed by atoms with van der Waals surface area (Å²) in [4.78, 5) is 18.9. The SMILES string of the molecule is Cc1ccc(-c2cnc(CCC(=O)N(C)C(C)c3ccc(S(C)(=O)=O)cc3)o2)cc1C. The zero-order valence-electron chi connectivity index (χ0n) is 18.5. The predicted octanol–water partition coefficient (Wildman–Crippen LogP) is 4.51. The van der Waals surface area contributed by atoms with E-state index in [1.807, 2.05) is 13.0 Å². The van der Waals surface area contributed by atoms with Crippen LogP contribution in [-0.4, -0.2) is 37.5 Å². The van der Waals surface area contributed by atoms with E-state index in [1.54, 1.807) is 42.4 Å². The first-order valence-electron chi connectivity index (χ1n) is 10.1. The largest absolute Gasteiger partial charge is 0.441 e. The Hall–Kier alpha value is -2.93. The maximum Gasteiger partial charge on any atom is 0.223 e. The van der Waals surface area contributed by atoms with Crippen LogP contribution in [0.4, 0.5) is 0 Å². The Balaban J connectivity index is 1.61. The molecule has 0 bridgehead atoms. The van der Waals surface area contributed by atoms with E-state index in [4.69, 9.17) is 4.42 Å². The first-order chi connectivity index (χ1) is 14.6. The number of amides is 1. The molecule has 0 aliphatic carbocycles. The second-order valence-corrected chi connectivity index (χ2v) is 9.95. The molecule has 0 fully saturated rings. The molecule has 0 aliphatic heterocycles. The Labute approximate surface area is 183 Å². The Kier molecular flexibility index (Phi) is 6.65. The third-order valence-electron chi connectivity index (χ3n) is 5.66. The van der Waals surface area contributed by atoms with Gasteiger partial charge in [0.05, 0.1) is 17.1 Å². The van der Waals surface area contributed by atoms with Crippen molar-refractivity contribution in [2.45, 2.75) is 44.6 Å². The standard InChI is InChI=1S/C24H28N2O4S/c1-16-6-7-20(14-17(16)2)22-15-25-23(30-22)12-13-24(27)26(4)18(3)19-8-10-21(11-9-19)31(5,28)29/h6-11,14-15,18H,12-13H2,1-5H3. The number of aromatic nitrogens is 1. The van der Waals surface area contributed by atoms with Crippen LogP contribution < -0.4 is 0 Å². The van der Waals surface area contributed by atoms with Crippen molar-refractivity contribution in [2.75, 3.05) is 13.3 Å². The molecule has 2 aromatic carbocycles. The molecule has 0 N–H and O–H groups in total. The minimum absolute atomic E-state index is 0.0365. The second kappa shape index (κ2) is 9.06. The molecule has 31 heavy (non-hydrogen) atoms. The van der Waals surface area contributed by atoms with E-state index in [0.717, 1.165) is 11.1 Å². The molecule has 3 aromatic rings. The summed E-state index contributed by atoms with van der Waals surface area (Å²) in [5.41, 5.74) is 4.25. The Bertz CT molecular complexity index is 1180. The van der Waals surface area contributed by atoms with Gasteiger partial charge in [0.25, 0.3) is 0 Å². The van der Waals surface area contributed by atoms with Crippen molar-refractivity contribution in [3.8, 4) is 11.3 Å². The Morgan fingerprint density at radius 1 is 1.10 bits per heavy atom. The van der Waals surface area contributed by atoms with Gasteiger partial charge in [-0.05, 0) is 55.7 Å². The van der Waals surface area contributed by atoms with Crippen LogP contribution in [0.5, 0.6) is 0 Å². The molecule has 1 aromatic heterocycles. The summed E-state index contributed by atoms with van der Waals surface area (Å²) in [6.07, 6.45) is 3.55. The lowest BCUT2D eigenvalue weighted by Crippen LogP contribution is -2.29. The summed E-state index contributed by atoms with van der Waals surface area (Å²) in [6.45, 7) is 6.03. The quantitative estimate of drug-likeness (QED) is 0.540. The molecule has 0 saturated carbocycles. The summed E-state index contributed by atoms with van der Waals surface area (Å²) in [6, 6.07) is 12.6. The number of rotatable bonds is 7. The van der Waals surface area contributed by atoms with Crippen LogP contribution in [0.25, 0.3) is 11.3 Å². The number of oxazole rings is 1. The lowest BCUT2D eigenvalue weighted by molar-refractivity contribution is -0.131. The van der Waals surface area contributed by atoms with Crippen molar-refractivity contribution in [3.63, 3.8) is 0 Å². The molecular formula is C24H28N2O4S. The number of carbonyl (C=O) groups is 1. The molecule has 1 unspecified atom stereocenters. The van der Waals surface area contributed by atoms with Crippen LogP contribution in [0, 0.1) is 13.8 Å². The van der Waals surface area contributed by atoms with E-state index in [0.29, 0.717) is 18.1 Å². The van der Waals surface area contributed by atoms with Gasteiger partial charge in [0.15, 0.2) is 21.5 Å². The van der Waals surface area contributed by atoms with Crippen molar-refractivity contribution in [2.24, 2.45) is 0 Å². The fourth-order valence-corrected chi connectivity index (χ4v) is 3.91. The molecule has 0 spiro atoms. The number of nitrogens with zero attached hydrogens (tertiary/aromatic N) is 2. The number of aryl methyl sites for hydroxylation is 3. The highest BCUT2D eigenvalue weighted by Gasteiger charge is 2.19. The highest BCUT2D eigenvalue weighted by Crippen LogP contribution is 2.24. The Morgan fingerprint density at radius 2 is 1.77 bits per heavy atom. The van der Waals surface area contributed by atoms with E-state index in [1.165, 1.54) is 17.4 Å². The van der Waals surface area contributed by atoms with Gasteiger partial charge in [-0.15, -0.1) is 0 Å². The van der Waals surface area contributed by atoms with E-state index in [-0.39, 0.29) is 23.3 Å². The van der Waals surface area contributed by atoms with Crippen molar-refractivity contribution in [1.82, 2.24) is 9.88 Å². The van der Waals surface area contributed by atoms with E-state index >= 15 is 0 Å². The third-order valence-corrected chi connectivity index (χ3v) is 6.79. The van der Waals surface area contributed by atoms with E-state index < -0.39 is 9.84 Å². The van der Waals surface area contributed by atoms with Crippen molar-refractivity contribution in [1.29, 1.82) is 0 Å². The zero-order chi connectivity index (χ0) is 22.8. The van der Waals surface area contributed by atoms with Crippen LogP contribution >= 0.6 is 0 Å². The molecule has 164 valence electrons. The minimum Gasteiger partial charge on any atom is -0.441 e. The average Bonchev–Trinajstić information content (AvgIpc) is 3.21. The van der Waals surface area contributed by atoms with Gasteiger partial charge in [0, 0.05) is 31.7 Å². The van der Waals surface area contributed by atoms with Crippen molar-refractivity contribution in [3.05, 3.63) is 71.2 Å². The maximum atomic E-state index is 12.7. The third kappa shape index (κ3) is 5.41. The summed E-state index contributed by atoms with van der Waals surface area (Å²) >= 11 is 0. The fraction of sp³-hybridized carbons (Fsp3) is 0.333. The summed E-state index contributed by atoms with van der Waals surface area (Å²) < 4.78 is 29.1. The van der Waals surface area contributed by atoms with Gasteiger partial charge in [0.1, 0.15) is 0 Å². The molecule has 0 radical (unpaired) electrons. The summed E-state index contributed by atoms with van der Waals surface area (Å²) in [5.74, 6) is 1.18. The van der Waals surface area contributed by atoms with Gasteiger partial charge in [-0.3, -0.25) is 4.79 Å². The maximum absolute atomic E-state index is 12.7. The fourth-order valence-electron chi connectivity index (χ4n) is 3.28. The van der Waals surface area contributed by atoms with Crippen LogP contribution in [0.2, 0.25) is 0 Å². The number of hydrogen-bond donors (Lipinski definition) is 0. The molecule has 0 aliphatic rings. The van der Waals surface area contributed by atoms with Crippen LogP contribution in [-0.2, 0) is 21.1 Å². The molecule has 1 atom stereocenters. The topological polar surface area (TPSA) is 80.5 Å².